The normalized spacial score (nSPS) is 10.2. The fraction of sp³-hybridized carbons (Fsp3) is 0.0769. The molecular formula is C13H10ClNO2. The van der Waals surface area contributed by atoms with Crippen molar-refractivity contribution in [1.29, 1.82) is 0 Å². The zero-order chi connectivity index (χ0) is 12.3. The number of carbonyl (C=O) groups is 1. The number of hydrogen-bond donors (Lipinski definition) is 1. The molecule has 17 heavy (non-hydrogen) atoms. The Labute approximate surface area is 104 Å². The topological polar surface area (TPSA) is 50.2 Å². The number of aliphatic carboxylic acids is 1. The van der Waals surface area contributed by atoms with Crippen molar-refractivity contribution >= 4 is 17.6 Å². The minimum Gasteiger partial charge on any atom is -0.481 e. The first kappa shape index (κ1) is 11.6. The van der Waals surface area contributed by atoms with Crippen molar-refractivity contribution in [1.82, 2.24) is 4.98 Å². The Morgan fingerprint density at radius 3 is 2.29 bits per heavy atom. The molecule has 1 N–H and O–H groups in total. The molecule has 0 spiro atoms. The van der Waals surface area contributed by atoms with E-state index in [1.54, 1.807) is 12.3 Å². The minimum atomic E-state index is -0.878. The van der Waals surface area contributed by atoms with E-state index in [1.165, 1.54) is 0 Å². The lowest BCUT2D eigenvalue weighted by atomic mass is 10.1. The molecule has 0 fully saturated rings. The molecule has 0 unspecified atom stereocenters. The van der Waals surface area contributed by atoms with E-state index in [0.717, 1.165) is 11.1 Å². The zero-order valence-electron chi connectivity index (χ0n) is 8.93. The summed E-state index contributed by atoms with van der Waals surface area (Å²) in [6, 6.07) is 11.0. The predicted octanol–water partition coefficient (Wildman–Crippen LogP) is 3.03. The summed E-state index contributed by atoms with van der Waals surface area (Å²) in [5, 5.41) is 9.31. The molecule has 2 rings (SSSR count). The molecule has 0 atom stereocenters. The SMILES string of the molecule is O=C(O)Cc1ccc(-c2ccc(Cl)cc2)cn1. The van der Waals surface area contributed by atoms with Crippen LogP contribution in [0.3, 0.4) is 0 Å². The maximum atomic E-state index is 10.5. The van der Waals surface area contributed by atoms with Crippen molar-refractivity contribution in [3.8, 4) is 11.1 Å². The van der Waals surface area contributed by atoms with Crippen molar-refractivity contribution in [2.45, 2.75) is 6.42 Å². The molecule has 4 heteroatoms. The Balaban J connectivity index is 2.23. The van der Waals surface area contributed by atoms with Gasteiger partial charge in [-0.05, 0) is 23.8 Å². The van der Waals surface area contributed by atoms with Crippen LogP contribution in [0.15, 0.2) is 42.6 Å². The second kappa shape index (κ2) is 4.97. The second-order valence-corrected chi connectivity index (χ2v) is 4.05. The van der Waals surface area contributed by atoms with Crippen molar-refractivity contribution in [2.24, 2.45) is 0 Å². The molecule has 0 saturated carbocycles. The summed E-state index contributed by atoms with van der Waals surface area (Å²) in [5.74, 6) is -0.878. The Hall–Kier alpha value is -1.87. The average molecular weight is 248 g/mol. The molecular weight excluding hydrogens is 238 g/mol. The number of aromatic nitrogens is 1. The monoisotopic (exact) mass is 247 g/mol. The van der Waals surface area contributed by atoms with Crippen molar-refractivity contribution in [3.63, 3.8) is 0 Å². The van der Waals surface area contributed by atoms with Crippen LogP contribution in [0, 0.1) is 0 Å². The summed E-state index contributed by atoms with van der Waals surface area (Å²) >= 11 is 5.80. The lowest BCUT2D eigenvalue weighted by molar-refractivity contribution is -0.136. The van der Waals surface area contributed by atoms with Gasteiger partial charge in [0.1, 0.15) is 0 Å². The molecule has 0 saturated heterocycles. The third-order valence-electron chi connectivity index (χ3n) is 2.33. The number of halogens is 1. The maximum absolute atomic E-state index is 10.5. The van der Waals surface area contributed by atoms with Gasteiger partial charge in [-0.2, -0.15) is 0 Å². The number of carboxylic acid groups (broad SMARTS) is 1. The Bertz CT molecular complexity index is 520. The fourth-order valence-electron chi connectivity index (χ4n) is 1.50. The lowest BCUT2D eigenvalue weighted by Gasteiger charge is -2.02. The number of pyridine rings is 1. The van der Waals surface area contributed by atoms with Gasteiger partial charge in [-0.15, -0.1) is 0 Å². The number of nitrogens with zero attached hydrogens (tertiary/aromatic N) is 1. The van der Waals surface area contributed by atoms with Crippen LogP contribution >= 0.6 is 11.6 Å². The van der Waals surface area contributed by atoms with E-state index in [1.807, 2.05) is 30.3 Å². The maximum Gasteiger partial charge on any atom is 0.309 e. The van der Waals surface area contributed by atoms with E-state index >= 15 is 0 Å². The van der Waals surface area contributed by atoms with Crippen molar-refractivity contribution in [2.75, 3.05) is 0 Å². The first-order valence-electron chi connectivity index (χ1n) is 5.08. The van der Waals surface area contributed by atoms with Crippen LogP contribution in [-0.2, 0) is 11.2 Å². The molecule has 3 nitrogen and oxygen atoms in total. The molecule has 1 heterocycles. The summed E-state index contributed by atoms with van der Waals surface area (Å²) in [7, 11) is 0. The minimum absolute atomic E-state index is 0.0547. The molecule has 0 amide bonds. The van der Waals surface area contributed by atoms with Crippen LogP contribution in [0.4, 0.5) is 0 Å². The summed E-state index contributed by atoms with van der Waals surface area (Å²) in [6.45, 7) is 0. The van der Waals surface area contributed by atoms with Crippen LogP contribution in [-0.4, -0.2) is 16.1 Å². The molecule has 0 aliphatic carbocycles. The van der Waals surface area contributed by atoms with Crippen LogP contribution < -0.4 is 0 Å². The van der Waals surface area contributed by atoms with Gasteiger partial charge < -0.3 is 5.11 Å². The van der Waals surface area contributed by atoms with Gasteiger partial charge >= 0.3 is 5.97 Å². The summed E-state index contributed by atoms with van der Waals surface area (Å²) in [5.41, 5.74) is 2.50. The van der Waals surface area contributed by atoms with E-state index < -0.39 is 5.97 Å². The van der Waals surface area contributed by atoms with Gasteiger partial charge in [0.05, 0.1) is 12.1 Å². The van der Waals surface area contributed by atoms with Gasteiger partial charge in [0.2, 0.25) is 0 Å². The third-order valence-corrected chi connectivity index (χ3v) is 2.59. The van der Waals surface area contributed by atoms with Crippen molar-refractivity contribution < 1.29 is 9.90 Å². The predicted molar refractivity (Wildman–Crippen MR) is 66.0 cm³/mol. The number of benzene rings is 1. The molecule has 1 aromatic heterocycles. The van der Waals surface area contributed by atoms with Crippen LogP contribution in [0.25, 0.3) is 11.1 Å². The van der Waals surface area contributed by atoms with Crippen LogP contribution in [0.5, 0.6) is 0 Å². The molecule has 0 radical (unpaired) electrons. The lowest BCUT2D eigenvalue weighted by Crippen LogP contribution is -2.01. The number of hydrogen-bond acceptors (Lipinski definition) is 2. The molecule has 0 aliphatic rings. The summed E-state index contributed by atoms with van der Waals surface area (Å²) in [4.78, 5) is 14.6. The molecule has 0 aliphatic heterocycles. The van der Waals surface area contributed by atoms with Crippen molar-refractivity contribution in [3.05, 3.63) is 53.3 Å². The zero-order valence-corrected chi connectivity index (χ0v) is 9.69. The molecule has 2 aromatic rings. The Kier molecular flexibility index (Phi) is 3.40. The van der Waals surface area contributed by atoms with Crippen LogP contribution in [0.2, 0.25) is 5.02 Å². The van der Waals surface area contributed by atoms with E-state index in [9.17, 15) is 4.79 Å². The first-order valence-corrected chi connectivity index (χ1v) is 5.45. The van der Waals surface area contributed by atoms with E-state index in [2.05, 4.69) is 4.98 Å². The average Bonchev–Trinajstić information content (AvgIpc) is 2.30. The Morgan fingerprint density at radius 1 is 1.12 bits per heavy atom. The summed E-state index contributed by atoms with van der Waals surface area (Å²) < 4.78 is 0. The standard InChI is InChI=1S/C13H10ClNO2/c14-11-4-1-9(2-5-11)10-3-6-12(15-8-10)7-13(16)17/h1-6,8H,7H2,(H,16,17). The third kappa shape index (κ3) is 3.04. The van der Waals surface area contributed by atoms with Gasteiger partial charge in [-0.25, -0.2) is 0 Å². The van der Waals surface area contributed by atoms with E-state index in [4.69, 9.17) is 16.7 Å². The van der Waals surface area contributed by atoms with Gasteiger partial charge in [0.15, 0.2) is 0 Å². The Morgan fingerprint density at radius 2 is 1.76 bits per heavy atom. The van der Waals surface area contributed by atoms with E-state index in [0.29, 0.717) is 10.7 Å². The van der Waals surface area contributed by atoms with Crippen LogP contribution in [0.1, 0.15) is 5.69 Å². The molecule has 0 bridgehead atoms. The van der Waals surface area contributed by atoms with Gasteiger partial charge in [0, 0.05) is 16.8 Å². The van der Waals surface area contributed by atoms with E-state index in [-0.39, 0.29) is 6.42 Å². The highest BCUT2D eigenvalue weighted by Crippen LogP contribution is 2.20. The second-order valence-electron chi connectivity index (χ2n) is 3.62. The number of rotatable bonds is 3. The van der Waals surface area contributed by atoms with Gasteiger partial charge in [-0.3, -0.25) is 9.78 Å². The smallest absolute Gasteiger partial charge is 0.309 e. The summed E-state index contributed by atoms with van der Waals surface area (Å²) in [6.07, 6.45) is 1.61. The highest BCUT2D eigenvalue weighted by Gasteiger charge is 2.03. The highest BCUT2D eigenvalue weighted by molar-refractivity contribution is 6.30. The van der Waals surface area contributed by atoms with Gasteiger partial charge in [0.25, 0.3) is 0 Å². The molecule has 86 valence electrons. The quantitative estimate of drug-likeness (QED) is 0.907. The highest BCUT2D eigenvalue weighted by atomic mass is 35.5. The van der Waals surface area contributed by atoms with Gasteiger partial charge in [-0.1, -0.05) is 29.8 Å². The largest absolute Gasteiger partial charge is 0.481 e. The number of carboxylic acids is 1. The first-order chi connectivity index (χ1) is 8.15. The fourth-order valence-corrected chi connectivity index (χ4v) is 1.62. The molecule has 1 aromatic carbocycles.